The first kappa shape index (κ1) is 45.5. The molecule has 1 heterocycles. The molecule has 6 rings (SSSR count). The van der Waals surface area contributed by atoms with E-state index in [1.807, 2.05) is 82.6 Å². The molecule has 5 aromatic carbocycles. The van der Waals surface area contributed by atoms with Gasteiger partial charge in [-0.15, -0.1) is 0 Å². The number of nitrogens with zero attached hydrogens (tertiary/aromatic N) is 4. The molecule has 11 nitrogen and oxygen atoms in total. The van der Waals surface area contributed by atoms with Gasteiger partial charge in [-0.25, -0.2) is 0 Å². The molecule has 0 atom stereocenters. The normalized spacial score (nSPS) is 15.7. The monoisotopic (exact) mass is 863 g/mol. The average Bonchev–Trinajstić information content (AvgIpc) is 3.27. The quantitative estimate of drug-likeness (QED) is 0.111. The Kier molecular flexibility index (Phi) is 16.6. The zero-order valence-electron chi connectivity index (χ0n) is 34.6. The number of carbonyl (C=O) groups is 3. The van der Waals surface area contributed by atoms with Crippen LogP contribution in [0.1, 0.15) is 11.1 Å². The number of carboxylic acid groups (broad SMARTS) is 3. The van der Waals surface area contributed by atoms with Crippen LogP contribution in [0.2, 0.25) is 0 Å². The third-order valence-corrected chi connectivity index (χ3v) is 19.5. The van der Waals surface area contributed by atoms with Crippen LogP contribution >= 0.6 is 14.4 Å². The van der Waals surface area contributed by atoms with Crippen LogP contribution < -0.4 is 21.2 Å². The molecule has 1 aliphatic rings. The van der Waals surface area contributed by atoms with Gasteiger partial charge in [0, 0.05) is 75.7 Å². The van der Waals surface area contributed by atoms with Crippen LogP contribution in [0.3, 0.4) is 0 Å². The Morgan fingerprint density at radius 1 is 0.459 bits per heavy atom. The number of hydrogen-bond donors (Lipinski definition) is 3. The first-order chi connectivity index (χ1) is 29.5. The maximum absolute atomic E-state index is 15.5. The van der Waals surface area contributed by atoms with Crippen molar-refractivity contribution in [3.05, 3.63) is 157 Å². The van der Waals surface area contributed by atoms with E-state index in [1.165, 1.54) is 16.2 Å². The Labute approximate surface area is 360 Å². The van der Waals surface area contributed by atoms with Gasteiger partial charge in [0.2, 0.25) is 0 Å². The summed E-state index contributed by atoms with van der Waals surface area (Å²) in [6.45, 7) is 3.55. The third kappa shape index (κ3) is 13.0. The second-order valence-electron chi connectivity index (χ2n) is 15.8. The zero-order valence-corrected chi connectivity index (χ0v) is 36.4. The van der Waals surface area contributed by atoms with Crippen molar-refractivity contribution in [2.75, 3.05) is 84.3 Å². The predicted molar refractivity (Wildman–Crippen MR) is 246 cm³/mol. The summed E-state index contributed by atoms with van der Waals surface area (Å²) in [5.74, 6) is -2.87. The molecule has 61 heavy (non-hydrogen) atoms. The van der Waals surface area contributed by atoms with Gasteiger partial charge >= 0.3 is 17.9 Å². The smallest absolute Gasteiger partial charge is 0.317 e. The average molecular weight is 864 g/mol. The van der Waals surface area contributed by atoms with Crippen molar-refractivity contribution in [1.29, 1.82) is 0 Å². The second kappa shape index (κ2) is 22.2. The molecule has 0 radical (unpaired) electrons. The lowest BCUT2D eigenvalue weighted by atomic mass is 10.1. The molecule has 320 valence electrons. The van der Waals surface area contributed by atoms with Gasteiger partial charge in [0.05, 0.1) is 49.8 Å². The van der Waals surface area contributed by atoms with E-state index in [9.17, 15) is 29.7 Å². The molecule has 5 aromatic rings. The summed E-state index contributed by atoms with van der Waals surface area (Å²) in [4.78, 5) is 42.9. The molecule has 1 saturated heterocycles. The number of aliphatic carboxylic acids is 3. The molecule has 0 amide bonds. The van der Waals surface area contributed by atoms with Gasteiger partial charge in [0.15, 0.2) is 0 Å². The highest BCUT2D eigenvalue weighted by Crippen LogP contribution is 2.61. The summed E-state index contributed by atoms with van der Waals surface area (Å²) in [7, 11) is -5.23. The fourth-order valence-corrected chi connectivity index (χ4v) is 16.5. The molecule has 0 unspecified atom stereocenters. The van der Waals surface area contributed by atoms with Gasteiger partial charge in [-0.3, -0.25) is 34.0 Å². The summed E-state index contributed by atoms with van der Waals surface area (Å²) in [6, 6.07) is 49.9. The van der Waals surface area contributed by atoms with Crippen molar-refractivity contribution < 1.29 is 34.3 Å². The molecule has 3 N–H and O–H groups in total. The van der Waals surface area contributed by atoms with E-state index >= 15 is 4.57 Å². The van der Waals surface area contributed by atoms with Crippen molar-refractivity contribution in [2.24, 2.45) is 0 Å². The molecule has 0 saturated carbocycles. The highest BCUT2D eigenvalue weighted by molar-refractivity contribution is 7.90. The topological polar surface area (TPSA) is 142 Å². The fourth-order valence-electron chi connectivity index (χ4n) is 8.26. The Balaban J connectivity index is 1.28. The zero-order chi connectivity index (χ0) is 43.1. The number of benzene rings is 5. The number of rotatable bonds is 17. The Bertz CT molecular complexity index is 2080. The fraction of sp³-hybridized carbons (Fsp3) is 0.312. The first-order valence-electron chi connectivity index (χ1n) is 20.8. The number of hydrogen-bond acceptors (Lipinski definition) is 8. The van der Waals surface area contributed by atoms with Gasteiger partial charge in [0.25, 0.3) is 0 Å². The molecular formula is C48H57N4O7P2+. The minimum absolute atomic E-state index is 0.158. The van der Waals surface area contributed by atoms with E-state index in [2.05, 4.69) is 77.7 Å². The highest BCUT2D eigenvalue weighted by atomic mass is 31.2. The van der Waals surface area contributed by atoms with Crippen LogP contribution in [-0.2, 0) is 31.7 Å². The summed E-state index contributed by atoms with van der Waals surface area (Å²) in [5.41, 5.74) is 2.26. The Morgan fingerprint density at radius 3 is 1.15 bits per heavy atom. The van der Waals surface area contributed by atoms with Crippen molar-refractivity contribution in [3.8, 4) is 0 Å². The molecule has 0 bridgehead atoms. The molecule has 0 aromatic heterocycles. The van der Waals surface area contributed by atoms with E-state index in [0.717, 1.165) is 28.5 Å². The van der Waals surface area contributed by atoms with E-state index in [4.69, 9.17) is 0 Å². The van der Waals surface area contributed by atoms with Crippen molar-refractivity contribution in [1.82, 2.24) is 19.6 Å². The predicted octanol–water partition coefficient (Wildman–Crippen LogP) is 4.84. The standard InChI is InChI=1S/C48H56N4O7P2/c53-46(54)36-50-27-25-49(26-28-51(37-47(55)56)30-32-52(31-29-50)38-48(57)58)35-40-21-23-41(24-22-40)39-60(42-13-5-1-6-14-42,43-15-7-2-8-16-43)33-34-61(59,44-17-9-3-10-18-44)45-19-11-4-12-20-45/h1-24H,25-39H2,(H2-,53,54,55,56,57,58)/p+1. The van der Waals surface area contributed by atoms with Crippen LogP contribution in [-0.4, -0.2) is 137 Å². The number of carboxylic acids is 3. The lowest BCUT2D eigenvalue weighted by Crippen LogP contribution is -2.48. The van der Waals surface area contributed by atoms with Gasteiger partial charge < -0.3 is 19.9 Å². The minimum Gasteiger partial charge on any atom is -0.480 e. The molecular weight excluding hydrogens is 806 g/mol. The van der Waals surface area contributed by atoms with Crippen LogP contribution in [0.25, 0.3) is 0 Å². The Hall–Kier alpha value is -4.99. The first-order valence-corrected chi connectivity index (χ1v) is 24.9. The highest BCUT2D eigenvalue weighted by Gasteiger charge is 2.45. The molecule has 0 aliphatic carbocycles. The summed E-state index contributed by atoms with van der Waals surface area (Å²) < 4.78 is 15.5. The van der Waals surface area contributed by atoms with Gasteiger partial charge in [-0.1, -0.05) is 121 Å². The van der Waals surface area contributed by atoms with E-state index in [-0.39, 0.29) is 19.6 Å². The SMILES string of the molecule is O=C(O)CN1CCN(CC(=O)O)CCN(Cc2ccc(C[P+](CCP(=O)(c3ccccc3)c3ccccc3)(c3ccccc3)c3ccccc3)cc2)CCN(CC(=O)O)CC1. The molecule has 0 spiro atoms. The maximum atomic E-state index is 15.5. The third-order valence-electron chi connectivity index (χ3n) is 11.5. The van der Waals surface area contributed by atoms with Crippen LogP contribution in [0.4, 0.5) is 0 Å². The molecule has 13 heteroatoms. The van der Waals surface area contributed by atoms with Crippen LogP contribution in [0, 0.1) is 0 Å². The summed E-state index contributed by atoms with van der Waals surface area (Å²) >= 11 is 0. The van der Waals surface area contributed by atoms with Gasteiger partial charge in [-0.05, 0) is 35.4 Å². The van der Waals surface area contributed by atoms with E-state index in [1.54, 1.807) is 4.90 Å². The second-order valence-corrected chi connectivity index (χ2v) is 22.4. The lowest BCUT2D eigenvalue weighted by molar-refractivity contribution is -0.140. The van der Waals surface area contributed by atoms with Gasteiger partial charge in [0.1, 0.15) is 7.14 Å². The summed E-state index contributed by atoms with van der Waals surface area (Å²) in [5, 5.41) is 33.1. The Morgan fingerprint density at radius 2 is 0.787 bits per heavy atom. The molecule has 1 aliphatic heterocycles. The minimum atomic E-state index is -3.02. The maximum Gasteiger partial charge on any atom is 0.317 e. The molecule has 1 fully saturated rings. The van der Waals surface area contributed by atoms with Crippen molar-refractivity contribution in [3.63, 3.8) is 0 Å². The van der Waals surface area contributed by atoms with Crippen molar-refractivity contribution >= 4 is 53.5 Å². The van der Waals surface area contributed by atoms with Crippen LogP contribution in [0.5, 0.6) is 0 Å². The largest absolute Gasteiger partial charge is 0.480 e. The van der Waals surface area contributed by atoms with Crippen molar-refractivity contribution in [2.45, 2.75) is 12.7 Å². The van der Waals surface area contributed by atoms with E-state index in [0.29, 0.717) is 65.1 Å². The summed E-state index contributed by atoms with van der Waals surface area (Å²) in [6.07, 6.45) is 2.04. The van der Waals surface area contributed by atoms with Gasteiger partial charge in [-0.2, -0.15) is 0 Å². The lowest BCUT2D eigenvalue weighted by Gasteiger charge is -2.33. The van der Waals surface area contributed by atoms with E-state index < -0.39 is 32.3 Å². The van der Waals surface area contributed by atoms with Crippen LogP contribution in [0.15, 0.2) is 146 Å².